The molecule has 1 spiro atoms. The average Bonchev–Trinajstić information content (AvgIpc) is 3.12. The largest absolute Gasteiger partial charge is 0.391 e. The zero-order valence-electron chi connectivity index (χ0n) is 11.9. The molecule has 0 bridgehead atoms. The first-order chi connectivity index (χ1) is 8.30. The van der Waals surface area contributed by atoms with Crippen molar-refractivity contribution in [2.24, 2.45) is 23.2 Å². The van der Waals surface area contributed by atoms with Crippen LogP contribution in [-0.4, -0.2) is 34.1 Å². The van der Waals surface area contributed by atoms with E-state index in [1.165, 1.54) is 6.42 Å². The normalized spacial score (nSPS) is 59.3. The van der Waals surface area contributed by atoms with Gasteiger partial charge in [-0.1, -0.05) is 20.8 Å². The van der Waals surface area contributed by atoms with Crippen molar-refractivity contribution < 1.29 is 14.9 Å². The molecular weight excluding hydrogens is 228 g/mol. The maximum atomic E-state index is 10.9. The van der Waals surface area contributed by atoms with Gasteiger partial charge in [-0.05, 0) is 43.9 Å². The monoisotopic (exact) mass is 254 g/mol. The number of rotatable bonds is 4. The number of aliphatic hydroxyl groups excluding tert-OH is 1. The van der Waals surface area contributed by atoms with Gasteiger partial charge in [-0.2, -0.15) is 0 Å². The minimum Gasteiger partial charge on any atom is -0.391 e. The summed E-state index contributed by atoms with van der Waals surface area (Å²) in [7, 11) is 0. The highest BCUT2D eigenvalue weighted by molar-refractivity contribution is 5.34. The molecule has 0 aliphatic heterocycles. The molecular formula is C15H26O3. The standard InChI is InChI=1S/C15H26O3/c1-9-5-13(9)10(2)7-15(13,18-8-12(4)16)14(17)6-11(14)3/h9-12,16-17H,5-8H2,1-4H3. The summed E-state index contributed by atoms with van der Waals surface area (Å²) in [6.45, 7) is 8.75. The van der Waals surface area contributed by atoms with Crippen molar-refractivity contribution >= 4 is 0 Å². The van der Waals surface area contributed by atoms with E-state index in [2.05, 4.69) is 20.8 Å². The Labute approximate surface area is 110 Å². The highest BCUT2D eigenvalue weighted by atomic mass is 16.5. The second kappa shape index (κ2) is 3.50. The van der Waals surface area contributed by atoms with Gasteiger partial charge in [0.2, 0.25) is 0 Å². The number of aliphatic hydroxyl groups is 2. The van der Waals surface area contributed by atoms with Gasteiger partial charge >= 0.3 is 0 Å². The van der Waals surface area contributed by atoms with Crippen LogP contribution in [0.1, 0.15) is 47.0 Å². The third-order valence-corrected chi connectivity index (χ3v) is 6.13. The van der Waals surface area contributed by atoms with Crippen molar-refractivity contribution in [3.8, 4) is 0 Å². The summed E-state index contributed by atoms with van der Waals surface area (Å²) < 4.78 is 6.14. The van der Waals surface area contributed by atoms with E-state index < -0.39 is 11.7 Å². The van der Waals surface area contributed by atoms with Crippen molar-refractivity contribution in [3.63, 3.8) is 0 Å². The van der Waals surface area contributed by atoms with E-state index in [0.29, 0.717) is 24.4 Å². The number of ether oxygens (including phenoxy) is 1. The zero-order chi connectivity index (χ0) is 13.3. The minimum absolute atomic E-state index is 0.182. The van der Waals surface area contributed by atoms with Gasteiger partial charge in [0, 0.05) is 5.41 Å². The van der Waals surface area contributed by atoms with Crippen LogP contribution in [0.15, 0.2) is 0 Å². The molecule has 0 aromatic heterocycles. The lowest BCUT2D eigenvalue weighted by molar-refractivity contribution is -0.268. The van der Waals surface area contributed by atoms with Crippen molar-refractivity contribution in [1.29, 1.82) is 0 Å². The van der Waals surface area contributed by atoms with E-state index in [9.17, 15) is 10.2 Å². The summed E-state index contributed by atoms with van der Waals surface area (Å²) in [4.78, 5) is 0. The highest BCUT2D eigenvalue weighted by Gasteiger charge is 2.84. The zero-order valence-corrected chi connectivity index (χ0v) is 11.9. The Hall–Kier alpha value is -0.120. The van der Waals surface area contributed by atoms with E-state index >= 15 is 0 Å². The molecule has 0 aromatic rings. The van der Waals surface area contributed by atoms with Crippen molar-refractivity contribution in [3.05, 3.63) is 0 Å². The van der Waals surface area contributed by atoms with Crippen LogP contribution in [0, 0.1) is 23.2 Å². The Morgan fingerprint density at radius 2 is 1.67 bits per heavy atom. The summed E-state index contributed by atoms with van der Waals surface area (Å²) in [5, 5.41) is 20.4. The molecule has 3 rings (SSSR count). The van der Waals surface area contributed by atoms with Crippen LogP contribution in [-0.2, 0) is 4.74 Å². The van der Waals surface area contributed by atoms with Gasteiger partial charge in [0.1, 0.15) is 5.60 Å². The fraction of sp³-hybridized carbons (Fsp3) is 1.00. The Morgan fingerprint density at radius 1 is 1.11 bits per heavy atom. The van der Waals surface area contributed by atoms with Crippen molar-refractivity contribution in [1.82, 2.24) is 0 Å². The second-order valence-corrected chi connectivity index (χ2v) is 7.27. The van der Waals surface area contributed by atoms with Crippen LogP contribution in [0.3, 0.4) is 0 Å². The van der Waals surface area contributed by atoms with Gasteiger partial charge in [-0.3, -0.25) is 0 Å². The topological polar surface area (TPSA) is 49.7 Å². The molecule has 0 heterocycles. The molecule has 104 valence electrons. The lowest BCUT2D eigenvalue weighted by atomic mass is 9.54. The average molecular weight is 254 g/mol. The first kappa shape index (κ1) is 12.9. The molecule has 2 N–H and O–H groups in total. The van der Waals surface area contributed by atoms with Crippen LogP contribution in [0.25, 0.3) is 0 Å². The van der Waals surface area contributed by atoms with Crippen LogP contribution in [0.5, 0.6) is 0 Å². The van der Waals surface area contributed by atoms with Crippen LogP contribution >= 0.6 is 0 Å². The fourth-order valence-corrected chi connectivity index (χ4v) is 4.90. The molecule has 3 nitrogen and oxygen atoms in total. The molecule has 3 aliphatic rings. The molecule has 0 saturated heterocycles. The van der Waals surface area contributed by atoms with Crippen molar-refractivity contribution in [2.75, 3.05) is 6.61 Å². The van der Waals surface area contributed by atoms with Gasteiger partial charge in [0.05, 0.1) is 18.3 Å². The predicted molar refractivity (Wildman–Crippen MR) is 69.1 cm³/mol. The maximum Gasteiger partial charge on any atom is 0.104 e. The van der Waals surface area contributed by atoms with Gasteiger partial charge < -0.3 is 14.9 Å². The Kier molecular flexibility index (Phi) is 2.51. The SMILES string of the molecule is CC(O)COC1(C2(O)CC2C)CC(C)C12CC2C. The number of hydrogen-bond acceptors (Lipinski definition) is 3. The molecule has 18 heavy (non-hydrogen) atoms. The van der Waals surface area contributed by atoms with E-state index in [0.717, 1.165) is 12.8 Å². The Morgan fingerprint density at radius 3 is 2.00 bits per heavy atom. The van der Waals surface area contributed by atoms with Gasteiger partial charge in [0.25, 0.3) is 0 Å². The second-order valence-electron chi connectivity index (χ2n) is 7.27. The minimum atomic E-state index is -0.640. The van der Waals surface area contributed by atoms with Crippen LogP contribution in [0.2, 0.25) is 0 Å². The molecule has 7 unspecified atom stereocenters. The fourth-order valence-electron chi connectivity index (χ4n) is 4.90. The van der Waals surface area contributed by atoms with Crippen LogP contribution < -0.4 is 0 Å². The summed E-state index contributed by atoms with van der Waals surface area (Å²) in [5.74, 6) is 1.62. The molecule has 3 aliphatic carbocycles. The van der Waals surface area contributed by atoms with E-state index in [1.807, 2.05) is 0 Å². The van der Waals surface area contributed by atoms with Gasteiger partial charge in [-0.15, -0.1) is 0 Å². The van der Waals surface area contributed by atoms with Crippen LogP contribution in [0.4, 0.5) is 0 Å². The third kappa shape index (κ3) is 1.26. The van der Waals surface area contributed by atoms with E-state index in [-0.39, 0.29) is 11.0 Å². The molecule has 3 heteroatoms. The van der Waals surface area contributed by atoms with Gasteiger partial charge in [0.15, 0.2) is 0 Å². The summed E-state index contributed by atoms with van der Waals surface area (Å²) in [6, 6.07) is 0. The van der Waals surface area contributed by atoms with Gasteiger partial charge in [-0.25, -0.2) is 0 Å². The quantitative estimate of drug-likeness (QED) is 0.806. The molecule has 3 saturated carbocycles. The molecule has 7 atom stereocenters. The predicted octanol–water partition coefficient (Wildman–Crippen LogP) is 1.96. The maximum absolute atomic E-state index is 10.9. The number of hydrogen-bond donors (Lipinski definition) is 2. The summed E-state index contributed by atoms with van der Waals surface area (Å²) >= 11 is 0. The molecule has 3 fully saturated rings. The summed E-state index contributed by atoms with van der Waals surface area (Å²) in [5.41, 5.74) is -0.837. The Bertz CT molecular complexity index is 369. The highest BCUT2D eigenvalue weighted by Crippen LogP contribution is 2.80. The van der Waals surface area contributed by atoms with E-state index in [1.54, 1.807) is 6.92 Å². The molecule has 0 radical (unpaired) electrons. The lowest BCUT2D eigenvalue weighted by Crippen LogP contribution is -2.67. The first-order valence-corrected chi connectivity index (χ1v) is 7.34. The third-order valence-electron chi connectivity index (χ3n) is 6.13. The molecule has 0 amide bonds. The van der Waals surface area contributed by atoms with Crippen molar-refractivity contribution in [2.45, 2.75) is 64.3 Å². The summed E-state index contributed by atoms with van der Waals surface area (Å²) in [6.07, 6.45) is 2.52. The smallest absolute Gasteiger partial charge is 0.104 e. The molecule has 0 aromatic carbocycles. The lowest BCUT2D eigenvalue weighted by Gasteiger charge is -2.59. The Balaban J connectivity index is 1.87. The van der Waals surface area contributed by atoms with E-state index in [4.69, 9.17) is 4.74 Å². The first-order valence-electron chi connectivity index (χ1n) is 7.34.